The van der Waals surface area contributed by atoms with E-state index in [0.717, 1.165) is 0 Å². The van der Waals surface area contributed by atoms with E-state index in [1.54, 1.807) is 20.8 Å². The number of halogens is 3. The van der Waals surface area contributed by atoms with Gasteiger partial charge in [-0.3, -0.25) is 4.79 Å². The van der Waals surface area contributed by atoms with Gasteiger partial charge in [0.1, 0.15) is 11.4 Å². The molecule has 8 heteroatoms. The fraction of sp³-hybridized carbons (Fsp3) is 0.600. The maximum absolute atomic E-state index is 14.6. The van der Waals surface area contributed by atoms with Gasteiger partial charge < -0.3 is 14.8 Å². The van der Waals surface area contributed by atoms with Crippen LogP contribution in [0.1, 0.15) is 27.2 Å². The van der Waals surface area contributed by atoms with Crippen LogP contribution in [0.15, 0.2) is 24.0 Å². The van der Waals surface area contributed by atoms with Crippen molar-refractivity contribution in [3.05, 3.63) is 24.0 Å². The van der Waals surface area contributed by atoms with Crippen LogP contribution in [0.4, 0.5) is 9.18 Å². The average molecular weight is 368 g/mol. The summed E-state index contributed by atoms with van der Waals surface area (Å²) in [5, 5.41) is 2.49. The molecule has 0 saturated carbocycles. The number of nitrogens with one attached hydrogen (secondary N) is 1. The number of hydrogen-bond acceptors (Lipinski definition) is 4. The summed E-state index contributed by atoms with van der Waals surface area (Å²) in [6, 6.07) is 0. The van der Waals surface area contributed by atoms with E-state index in [1.807, 2.05) is 0 Å². The minimum Gasteiger partial charge on any atom is -0.428 e. The molecule has 1 aliphatic rings. The molecule has 0 spiro atoms. The van der Waals surface area contributed by atoms with Crippen molar-refractivity contribution < 1.29 is 23.5 Å². The van der Waals surface area contributed by atoms with E-state index >= 15 is 0 Å². The zero-order valence-electron chi connectivity index (χ0n) is 13.2. The van der Waals surface area contributed by atoms with Crippen molar-refractivity contribution in [2.45, 2.75) is 43.8 Å². The van der Waals surface area contributed by atoms with E-state index in [4.69, 9.17) is 32.7 Å². The van der Waals surface area contributed by atoms with E-state index in [2.05, 4.69) is 5.32 Å². The predicted octanol–water partition coefficient (Wildman–Crippen LogP) is 3.45. The summed E-state index contributed by atoms with van der Waals surface area (Å²) in [7, 11) is 0. The van der Waals surface area contributed by atoms with Crippen LogP contribution >= 0.6 is 23.2 Å². The molecule has 0 fully saturated rings. The third kappa shape index (κ3) is 5.70. The summed E-state index contributed by atoms with van der Waals surface area (Å²) in [6.45, 7) is 5.20. The van der Waals surface area contributed by atoms with Crippen LogP contribution in [0.25, 0.3) is 0 Å². The van der Waals surface area contributed by atoms with Crippen LogP contribution in [0.3, 0.4) is 0 Å². The Kier molecular flexibility index (Phi) is 6.89. The highest BCUT2D eigenvalue weighted by molar-refractivity contribution is 6.37. The lowest BCUT2D eigenvalue weighted by molar-refractivity contribution is -0.124. The minimum absolute atomic E-state index is 0.267. The summed E-state index contributed by atoms with van der Waals surface area (Å²) in [5.41, 5.74) is -0.787. The lowest BCUT2D eigenvalue weighted by Crippen LogP contribution is -2.50. The first-order valence-electron chi connectivity index (χ1n) is 7.07. The van der Waals surface area contributed by atoms with Gasteiger partial charge in [0.25, 0.3) is 0 Å². The van der Waals surface area contributed by atoms with Gasteiger partial charge in [0.2, 0.25) is 5.91 Å². The van der Waals surface area contributed by atoms with Crippen molar-refractivity contribution in [3.63, 3.8) is 0 Å². The molecule has 5 nitrogen and oxygen atoms in total. The lowest BCUT2D eigenvalue weighted by atomic mass is 9.95. The molecule has 0 heterocycles. The minimum atomic E-state index is -2.03. The Hall–Kier alpha value is -1.27. The van der Waals surface area contributed by atoms with Crippen LogP contribution in [0.5, 0.6) is 0 Å². The largest absolute Gasteiger partial charge is 0.514 e. The van der Waals surface area contributed by atoms with Crippen LogP contribution in [-0.2, 0) is 14.3 Å². The third-order valence-corrected chi connectivity index (χ3v) is 3.51. The Labute approximate surface area is 144 Å². The molecule has 1 amide bonds. The van der Waals surface area contributed by atoms with Crippen LogP contribution in [-0.4, -0.2) is 41.1 Å². The van der Waals surface area contributed by atoms with Gasteiger partial charge in [-0.1, -0.05) is 12.2 Å². The standard InChI is InChI=1S/C15H20Cl2FNO4/c1-14(2,3)23-13(21)22-10-6-4-7-15(17,11(10)18)12(20)19-9-5-8-16/h4,6-7,11H,5,8-9H2,1-3H3,(H,19,20). The van der Waals surface area contributed by atoms with Gasteiger partial charge in [0.05, 0.1) is 0 Å². The van der Waals surface area contributed by atoms with Gasteiger partial charge in [0.15, 0.2) is 11.0 Å². The number of alkyl halides is 3. The Morgan fingerprint density at radius 3 is 2.65 bits per heavy atom. The molecule has 0 aromatic rings. The molecule has 130 valence electrons. The van der Waals surface area contributed by atoms with Crippen molar-refractivity contribution in [2.75, 3.05) is 12.4 Å². The van der Waals surface area contributed by atoms with Gasteiger partial charge in [0, 0.05) is 12.4 Å². The number of rotatable bonds is 5. The fourth-order valence-electron chi connectivity index (χ4n) is 1.71. The molecule has 0 aromatic heterocycles. The van der Waals surface area contributed by atoms with Crippen LogP contribution in [0, 0.1) is 0 Å². The normalized spacial score (nSPS) is 23.9. The smallest absolute Gasteiger partial charge is 0.428 e. The number of carbonyl (C=O) groups excluding carboxylic acids is 2. The van der Waals surface area contributed by atoms with Gasteiger partial charge in [-0.15, -0.1) is 23.2 Å². The highest BCUT2D eigenvalue weighted by Crippen LogP contribution is 2.34. The van der Waals surface area contributed by atoms with Gasteiger partial charge in [-0.2, -0.15) is 0 Å². The third-order valence-electron chi connectivity index (χ3n) is 2.75. The molecule has 0 aliphatic heterocycles. The fourth-order valence-corrected chi connectivity index (χ4v) is 2.09. The van der Waals surface area contributed by atoms with Crippen molar-refractivity contribution in [3.8, 4) is 0 Å². The molecular weight excluding hydrogens is 348 g/mol. The maximum atomic E-state index is 14.6. The topological polar surface area (TPSA) is 64.6 Å². The highest BCUT2D eigenvalue weighted by atomic mass is 35.5. The van der Waals surface area contributed by atoms with Crippen molar-refractivity contribution >= 4 is 35.3 Å². The molecule has 0 saturated heterocycles. The number of allylic oxidation sites excluding steroid dienone is 3. The molecule has 23 heavy (non-hydrogen) atoms. The lowest BCUT2D eigenvalue weighted by Gasteiger charge is -2.29. The predicted molar refractivity (Wildman–Crippen MR) is 86.4 cm³/mol. The van der Waals surface area contributed by atoms with Crippen LogP contribution in [0.2, 0.25) is 0 Å². The van der Waals surface area contributed by atoms with Crippen LogP contribution < -0.4 is 5.32 Å². The highest BCUT2D eigenvalue weighted by Gasteiger charge is 2.47. The summed E-state index contributed by atoms with van der Waals surface area (Å²) in [6.07, 6.45) is 1.21. The van der Waals surface area contributed by atoms with Gasteiger partial charge >= 0.3 is 6.16 Å². The van der Waals surface area contributed by atoms with E-state index in [9.17, 15) is 14.0 Å². The second-order valence-electron chi connectivity index (χ2n) is 5.92. The van der Waals surface area contributed by atoms with Crippen molar-refractivity contribution in [1.29, 1.82) is 0 Å². The molecule has 1 rings (SSSR count). The first-order chi connectivity index (χ1) is 10.6. The molecule has 1 N–H and O–H groups in total. The Morgan fingerprint density at radius 1 is 1.43 bits per heavy atom. The second-order valence-corrected chi connectivity index (χ2v) is 6.93. The molecule has 0 bridgehead atoms. The first-order valence-corrected chi connectivity index (χ1v) is 7.99. The monoisotopic (exact) mass is 367 g/mol. The summed E-state index contributed by atoms with van der Waals surface area (Å²) < 4.78 is 24.4. The number of ether oxygens (including phenoxy) is 2. The summed E-state index contributed by atoms with van der Waals surface area (Å²) in [4.78, 5) is 21.7. The zero-order valence-corrected chi connectivity index (χ0v) is 14.7. The average Bonchev–Trinajstić information content (AvgIpc) is 2.42. The number of amides is 1. The maximum Gasteiger partial charge on any atom is 0.514 e. The Bertz CT molecular complexity index is 516. The Morgan fingerprint density at radius 2 is 2.09 bits per heavy atom. The molecule has 2 unspecified atom stereocenters. The molecular formula is C15H20Cl2FNO4. The van der Waals surface area contributed by atoms with E-state index in [-0.39, 0.29) is 12.3 Å². The number of carbonyl (C=O) groups is 2. The molecule has 1 aliphatic carbocycles. The summed E-state index contributed by atoms with van der Waals surface area (Å²) >= 11 is 11.6. The quantitative estimate of drug-likeness (QED) is 0.459. The van der Waals surface area contributed by atoms with E-state index in [0.29, 0.717) is 12.3 Å². The first kappa shape index (κ1) is 19.8. The molecule has 2 atom stereocenters. The summed E-state index contributed by atoms with van der Waals surface area (Å²) in [5.74, 6) is -0.757. The van der Waals surface area contributed by atoms with Crippen molar-refractivity contribution in [2.24, 2.45) is 0 Å². The molecule has 0 aromatic carbocycles. The number of hydrogen-bond donors (Lipinski definition) is 1. The zero-order chi connectivity index (χ0) is 17.7. The Balaban J connectivity index is 2.75. The molecule has 0 radical (unpaired) electrons. The van der Waals surface area contributed by atoms with E-state index in [1.165, 1.54) is 18.2 Å². The van der Waals surface area contributed by atoms with Crippen molar-refractivity contribution in [1.82, 2.24) is 5.32 Å². The second kappa shape index (κ2) is 8.02. The van der Waals surface area contributed by atoms with Gasteiger partial charge in [-0.25, -0.2) is 9.18 Å². The SMILES string of the molecule is CC(C)(C)OC(=O)OC1=CC=CC(Cl)(C(=O)NCCCCl)C1F. The van der Waals surface area contributed by atoms with Gasteiger partial charge in [-0.05, 0) is 33.3 Å². The van der Waals surface area contributed by atoms with E-state index < -0.39 is 28.7 Å².